The van der Waals surface area contributed by atoms with Crippen LogP contribution in [0.25, 0.3) is 11.3 Å². The molecule has 3 aromatic rings. The zero-order valence-electron chi connectivity index (χ0n) is 29.5. The van der Waals surface area contributed by atoms with Crippen molar-refractivity contribution >= 4 is 25.6 Å². The average molecular weight is 680 g/mol. The molecule has 0 aliphatic carbocycles. The molecule has 2 N–H and O–H groups in total. The number of nitrogens with zero attached hydrogens (tertiary/aromatic N) is 5. The van der Waals surface area contributed by atoms with Crippen molar-refractivity contribution in [2.45, 2.75) is 89.9 Å². The molecule has 1 fully saturated rings. The number of aromatic nitrogens is 2. The number of rotatable bonds is 8. The molecular weight excluding hydrogens is 632 g/mol. The van der Waals surface area contributed by atoms with Crippen molar-refractivity contribution in [1.29, 1.82) is 5.26 Å². The summed E-state index contributed by atoms with van der Waals surface area (Å²) in [7, 11) is 0.0336. The summed E-state index contributed by atoms with van der Waals surface area (Å²) in [5.74, 6) is 0.163. The third kappa shape index (κ3) is 7.39. The maximum atomic E-state index is 14.3. The highest BCUT2D eigenvalue weighted by Crippen LogP contribution is 2.44. The Morgan fingerprint density at radius 2 is 1.79 bits per heavy atom. The monoisotopic (exact) mass is 679 g/mol. The summed E-state index contributed by atoms with van der Waals surface area (Å²) in [6, 6.07) is 12.7. The van der Waals surface area contributed by atoms with Gasteiger partial charge in [-0.25, -0.2) is 9.97 Å². The Morgan fingerprint density at radius 3 is 2.42 bits per heavy atom. The normalized spacial score (nSPS) is 22.2. The maximum Gasteiger partial charge on any atom is 0.416 e. The van der Waals surface area contributed by atoms with Crippen LogP contribution in [0.15, 0.2) is 42.6 Å². The lowest BCUT2D eigenvalue weighted by Crippen LogP contribution is -2.54. The second kappa shape index (κ2) is 13.1. The van der Waals surface area contributed by atoms with Gasteiger partial charge in [-0.05, 0) is 80.5 Å². The van der Waals surface area contributed by atoms with E-state index in [1.165, 1.54) is 0 Å². The fourth-order valence-corrected chi connectivity index (χ4v) is 7.37. The molecule has 5 rings (SSSR count). The summed E-state index contributed by atoms with van der Waals surface area (Å²) in [6.07, 6.45) is -2.96. The summed E-state index contributed by atoms with van der Waals surface area (Å²) in [4.78, 5) is 13.3. The van der Waals surface area contributed by atoms with Crippen molar-refractivity contribution in [2.24, 2.45) is 0 Å². The largest absolute Gasteiger partial charge is 0.416 e. The van der Waals surface area contributed by atoms with Crippen LogP contribution in [0.1, 0.15) is 63.8 Å². The summed E-state index contributed by atoms with van der Waals surface area (Å²) in [5, 5.41) is 16.5. The van der Waals surface area contributed by atoms with Gasteiger partial charge in [0.2, 0.25) is 5.95 Å². The first-order valence-corrected chi connectivity index (χ1v) is 19.4. The number of benzene rings is 2. The molecular formula is C36H48F3N7OSi. The highest BCUT2D eigenvalue weighted by molar-refractivity contribution is 6.74. The highest BCUT2D eigenvalue weighted by atomic mass is 28.4. The minimum absolute atomic E-state index is 0.0610. The van der Waals surface area contributed by atoms with Crippen LogP contribution in [0.2, 0.25) is 18.1 Å². The van der Waals surface area contributed by atoms with Crippen molar-refractivity contribution in [1.82, 2.24) is 19.8 Å². The molecule has 48 heavy (non-hydrogen) atoms. The molecule has 2 aliphatic heterocycles. The molecule has 0 bridgehead atoms. The molecule has 1 saturated heterocycles. The summed E-state index contributed by atoms with van der Waals surface area (Å²) < 4.78 is 49.6. The molecule has 2 aliphatic rings. The van der Waals surface area contributed by atoms with E-state index < -0.39 is 20.1 Å². The van der Waals surface area contributed by atoms with Crippen molar-refractivity contribution in [3.63, 3.8) is 0 Å². The minimum Gasteiger partial charge on any atom is -0.416 e. The Kier molecular flexibility index (Phi) is 9.75. The number of fused-ring (bicyclic) bond motifs is 1. The lowest BCUT2D eigenvalue weighted by atomic mass is 9.83. The van der Waals surface area contributed by atoms with Crippen LogP contribution < -0.4 is 10.6 Å². The van der Waals surface area contributed by atoms with Gasteiger partial charge < -0.3 is 15.1 Å². The first-order chi connectivity index (χ1) is 22.3. The van der Waals surface area contributed by atoms with E-state index in [-0.39, 0.29) is 46.3 Å². The lowest BCUT2D eigenvalue weighted by molar-refractivity contribution is -0.138. The molecule has 8 nitrogen and oxygen atoms in total. The van der Waals surface area contributed by atoms with Gasteiger partial charge in [-0.3, -0.25) is 9.80 Å². The van der Waals surface area contributed by atoms with E-state index in [1.54, 1.807) is 30.5 Å². The standard InChI is InChI=1S/C36H48F3N7OSi/c1-23-18-46(19-24(2)45(23)7)20-25-10-11-28(16-29(25)36(37,38)39)43-33-41-13-12-31(44-33)26-14-27(17-40)32-30(15-26)35(6,21-42-32)22-47-48(8,9)34(3,4)5/h10-16,23-24,42H,18-22H2,1-9H3,(H,41,43,44). The third-order valence-electron chi connectivity index (χ3n) is 10.6. The molecule has 0 saturated carbocycles. The molecule has 0 amide bonds. The number of piperazine rings is 1. The maximum absolute atomic E-state index is 14.3. The Morgan fingerprint density at radius 1 is 1.10 bits per heavy atom. The number of nitriles is 1. The Bertz CT molecular complexity index is 1690. The zero-order chi connectivity index (χ0) is 35.2. The number of halogens is 3. The number of hydrogen-bond donors (Lipinski definition) is 2. The van der Waals surface area contributed by atoms with Crippen molar-refractivity contribution in [3.05, 3.63) is 64.8 Å². The fraction of sp³-hybridized carbons (Fsp3) is 0.528. The molecule has 12 heteroatoms. The molecule has 258 valence electrons. The van der Waals surface area contributed by atoms with Crippen LogP contribution >= 0.6 is 0 Å². The van der Waals surface area contributed by atoms with E-state index >= 15 is 0 Å². The first-order valence-electron chi connectivity index (χ1n) is 16.5. The summed E-state index contributed by atoms with van der Waals surface area (Å²) in [6.45, 7) is 20.2. The smallest absolute Gasteiger partial charge is 0.416 e. The summed E-state index contributed by atoms with van der Waals surface area (Å²) in [5.41, 5.74) is 3.01. The molecule has 2 aromatic carbocycles. The van der Waals surface area contributed by atoms with Crippen LogP contribution in [-0.4, -0.2) is 73.5 Å². The quantitative estimate of drug-likeness (QED) is 0.232. The van der Waals surface area contributed by atoms with Gasteiger partial charge in [-0.15, -0.1) is 0 Å². The Hall–Kier alpha value is -3.50. The van der Waals surface area contributed by atoms with E-state index in [0.29, 0.717) is 37.5 Å². The zero-order valence-corrected chi connectivity index (χ0v) is 30.5. The minimum atomic E-state index is -4.52. The van der Waals surface area contributed by atoms with Crippen LogP contribution in [-0.2, 0) is 22.6 Å². The number of likely N-dealkylation sites (N-methyl/N-ethyl adjacent to an activating group) is 1. The lowest BCUT2D eigenvalue weighted by Gasteiger charge is -2.42. The van der Waals surface area contributed by atoms with Gasteiger partial charge in [0, 0.05) is 67.7 Å². The van der Waals surface area contributed by atoms with E-state index in [9.17, 15) is 18.4 Å². The van der Waals surface area contributed by atoms with Crippen molar-refractivity contribution in [2.75, 3.05) is 43.9 Å². The SMILES string of the molecule is CC1CN(Cc2ccc(Nc3nccc(-c4cc(C#N)c5c(c4)C(C)(CO[Si](C)(C)C(C)(C)C)CN5)n3)cc2C(F)(F)F)CC(C)N1C. The average Bonchev–Trinajstić information content (AvgIpc) is 3.35. The van der Waals surface area contributed by atoms with Crippen molar-refractivity contribution < 1.29 is 17.6 Å². The van der Waals surface area contributed by atoms with Gasteiger partial charge in [0.1, 0.15) is 6.07 Å². The van der Waals surface area contributed by atoms with Crippen LogP contribution in [0, 0.1) is 11.3 Å². The van der Waals surface area contributed by atoms with E-state index in [1.807, 2.05) is 6.07 Å². The van der Waals surface area contributed by atoms with E-state index in [0.717, 1.165) is 22.9 Å². The molecule has 3 atom stereocenters. The topological polar surface area (TPSA) is 89.3 Å². The van der Waals surface area contributed by atoms with Gasteiger partial charge in [0.05, 0.1) is 22.5 Å². The number of anilines is 3. The van der Waals surface area contributed by atoms with Gasteiger partial charge in [-0.1, -0.05) is 33.8 Å². The van der Waals surface area contributed by atoms with E-state index in [2.05, 4.69) is 98.2 Å². The van der Waals surface area contributed by atoms with Gasteiger partial charge in [0.15, 0.2) is 8.32 Å². The van der Waals surface area contributed by atoms with Gasteiger partial charge >= 0.3 is 6.18 Å². The molecule has 0 radical (unpaired) electrons. The van der Waals surface area contributed by atoms with Crippen LogP contribution in [0.3, 0.4) is 0 Å². The summed E-state index contributed by atoms with van der Waals surface area (Å²) >= 11 is 0. The second-order valence-corrected chi connectivity index (χ2v) is 20.1. The third-order valence-corrected chi connectivity index (χ3v) is 15.1. The predicted octanol–water partition coefficient (Wildman–Crippen LogP) is 8.01. The fourth-order valence-electron chi connectivity index (χ4n) is 6.26. The van der Waals surface area contributed by atoms with E-state index in [4.69, 9.17) is 4.43 Å². The Labute approximate surface area is 283 Å². The van der Waals surface area contributed by atoms with Gasteiger partial charge in [0.25, 0.3) is 0 Å². The van der Waals surface area contributed by atoms with Gasteiger partial charge in [-0.2, -0.15) is 18.4 Å². The van der Waals surface area contributed by atoms with Crippen LogP contribution in [0.5, 0.6) is 0 Å². The predicted molar refractivity (Wildman–Crippen MR) is 188 cm³/mol. The second-order valence-electron chi connectivity index (χ2n) is 15.3. The molecule has 3 heterocycles. The number of alkyl halides is 3. The Balaban J connectivity index is 1.40. The van der Waals surface area contributed by atoms with Crippen LogP contribution in [0.4, 0.5) is 30.5 Å². The number of hydrogen-bond acceptors (Lipinski definition) is 8. The molecule has 0 spiro atoms. The number of nitrogens with one attached hydrogen (secondary N) is 2. The molecule has 1 aromatic heterocycles. The molecule has 3 unspecified atom stereocenters. The first kappa shape index (κ1) is 35.8. The highest BCUT2D eigenvalue weighted by Gasteiger charge is 2.42. The van der Waals surface area contributed by atoms with Crippen molar-refractivity contribution in [3.8, 4) is 17.3 Å².